The van der Waals surface area contributed by atoms with Crippen LogP contribution in [0.25, 0.3) is 0 Å². The zero-order chi connectivity index (χ0) is 14.1. The molecule has 1 aromatic heterocycles. The van der Waals surface area contributed by atoms with Crippen molar-refractivity contribution in [2.45, 2.75) is 35.8 Å². The molecular weight excluding hydrogens is 290 g/mol. The molecule has 0 amide bonds. The number of anilines is 1. The lowest BCUT2D eigenvalue weighted by Crippen LogP contribution is -2.13. The fraction of sp³-hybridized carbons (Fsp3) is 0.357. The number of aromatic nitrogens is 2. The van der Waals surface area contributed by atoms with E-state index in [4.69, 9.17) is 5.73 Å². The second-order valence-corrected chi connectivity index (χ2v) is 7.46. The van der Waals surface area contributed by atoms with Gasteiger partial charge in [-0.05, 0) is 43.4 Å². The van der Waals surface area contributed by atoms with E-state index in [-0.39, 0.29) is 11.0 Å². The van der Waals surface area contributed by atoms with Crippen LogP contribution in [0, 0.1) is 0 Å². The summed E-state index contributed by atoms with van der Waals surface area (Å²) < 4.78 is 0.740. The molecule has 1 aliphatic carbocycles. The average molecular weight is 305 g/mol. The molecule has 1 atom stereocenters. The summed E-state index contributed by atoms with van der Waals surface area (Å²) in [6.07, 6.45) is 3.42. The number of carbonyl (C=O) groups is 1. The summed E-state index contributed by atoms with van der Waals surface area (Å²) >= 11 is 2.73. The van der Waals surface area contributed by atoms with Crippen molar-refractivity contribution < 1.29 is 4.79 Å². The number of nitrogens with zero attached hydrogens (tertiary/aromatic N) is 2. The lowest BCUT2D eigenvalue weighted by Gasteiger charge is -2.09. The van der Waals surface area contributed by atoms with Gasteiger partial charge in [0, 0.05) is 5.56 Å². The Hall–Kier alpha value is -1.40. The molecule has 6 heteroatoms. The predicted molar refractivity (Wildman–Crippen MR) is 82.4 cm³/mol. The minimum absolute atomic E-state index is 0.137. The molecule has 2 N–H and O–H groups in total. The van der Waals surface area contributed by atoms with Gasteiger partial charge in [0.25, 0.3) is 0 Å². The van der Waals surface area contributed by atoms with Crippen molar-refractivity contribution in [1.82, 2.24) is 10.2 Å². The molecule has 4 nitrogen and oxygen atoms in total. The van der Waals surface area contributed by atoms with Gasteiger partial charge in [-0.25, -0.2) is 0 Å². The molecule has 1 aliphatic rings. The highest BCUT2D eigenvalue weighted by molar-refractivity contribution is 8.02. The van der Waals surface area contributed by atoms with Crippen LogP contribution in [0.4, 0.5) is 5.13 Å². The van der Waals surface area contributed by atoms with Gasteiger partial charge in [0.1, 0.15) is 0 Å². The zero-order valence-electron chi connectivity index (χ0n) is 11.1. The molecule has 2 aromatic rings. The van der Waals surface area contributed by atoms with E-state index >= 15 is 0 Å². The van der Waals surface area contributed by atoms with Crippen molar-refractivity contribution in [3.8, 4) is 0 Å². The number of hydrogen-bond donors (Lipinski definition) is 1. The van der Waals surface area contributed by atoms with Gasteiger partial charge >= 0.3 is 0 Å². The molecule has 3 rings (SSSR count). The molecule has 0 spiro atoms. The standard InChI is InChI=1S/C14H15N3OS2/c1-8(19-14-17-16-13(15)20-14)12(18)11-6-5-9-3-2-4-10(9)7-11/h5-8H,2-4H2,1H3,(H2,15,16)/t8-/m1/s1. The lowest BCUT2D eigenvalue weighted by molar-refractivity contribution is 0.0994. The first kappa shape index (κ1) is 13.6. The van der Waals surface area contributed by atoms with Gasteiger partial charge in [-0.3, -0.25) is 4.79 Å². The molecule has 0 bridgehead atoms. The van der Waals surface area contributed by atoms with Crippen LogP contribution in [-0.2, 0) is 12.8 Å². The maximum absolute atomic E-state index is 12.5. The lowest BCUT2D eigenvalue weighted by atomic mass is 10.0. The third-order valence-corrected chi connectivity index (χ3v) is 5.39. The topological polar surface area (TPSA) is 68.9 Å². The number of thioether (sulfide) groups is 1. The monoisotopic (exact) mass is 305 g/mol. The number of benzene rings is 1. The summed E-state index contributed by atoms with van der Waals surface area (Å²) in [5, 5.41) is 7.96. The predicted octanol–water partition coefficient (Wildman–Crippen LogP) is 2.97. The van der Waals surface area contributed by atoms with Crippen LogP contribution in [0.2, 0.25) is 0 Å². The minimum Gasteiger partial charge on any atom is -0.374 e. The first-order chi connectivity index (χ1) is 9.63. The molecule has 0 radical (unpaired) electrons. The maximum atomic E-state index is 12.5. The Morgan fingerprint density at radius 2 is 2.15 bits per heavy atom. The van der Waals surface area contributed by atoms with Gasteiger partial charge in [0.05, 0.1) is 5.25 Å². The van der Waals surface area contributed by atoms with Gasteiger partial charge in [-0.2, -0.15) is 0 Å². The number of aryl methyl sites for hydroxylation is 2. The highest BCUT2D eigenvalue weighted by Gasteiger charge is 2.20. The number of carbonyl (C=O) groups excluding carboxylic acids is 1. The molecule has 20 heavy (non-hydrogen) atoms. The van der Waals surface area contributed by atoms with Crippen molar-refractivity contribution in [2.24, 2.45) is 0 Å². The van der Waals surface area contributed by atoms with Crippen LogP contribution in [0.1, 0.15) is 34.8 Å². The number of nitrogens with two attached hydrogens (primary N) is 1. The summed E-state index contributed by atoms with van der Waals surface area (Å²) in [7, 11) is 0. The smallest absolute Gasteiger partial charge is 0.203 e. The number of ketones is 1. The fourth-order valence-corrected chi connectivity index (χ4v) is 4.29. The van der Waals surface area contributed by atoms with Crippen LogP contribution in [0.3, 0.4) is 0 Å². The first-order valence-corrected chi connectivity index (χ1v) is 8.25. The van der Waals surface area contributed by atoms with Crippen molar-refractivity contribution >= 4 is 34.0 Å². The van der Waals surface area contributed by atoms with Crippen LogP contribution in [0.15, 0.2) is 22.5 Å². The van der Waals surface area contributed by atoms with Crippen molar-refractivity contribution in [3.05, 3.63) is 34.9 Å². The summed E-state index contributed by atoms with van der Waals surface area (Å²) in [4.78, 5) is 12.5. The zero-order valence-corrected chi connectivity index (χ0v) is 12.8. The molecule has 1 heterocycles. The Morgan fingerprint density at radius 3 is 2.90 bits per heavy atom. The van der Waals surface area contributed by atoms with Crippen molar-refractivity contribution in [3.63, 3.8) is 0 Å². The van der Waals surface area contributed by atoms with Gasteiger partial charge in [-0.1, -0.05) is 35.2 Å². The van der Waals surface area contributed by atoms with E-state index in [2.05, 4.69) is 22.3 Å². The molecule has 0 fully saturated rings. The van der Waals surface area contributed by atoms with E-state index in [0.29, 0.717) is 5.13 Å². The first-order valence-electron chi connectivity index (χ1n) is 6.55. The summed E-state index contributed by atoms with van der Waals surface area (Å²) in [5.74, 6) is 0.137. The number of nitrogen functional groups attached to an aromatic ring is 1. The van der Waals surface area contributed by atoms with Crippen LogP contribution < -0.4 is 5.73 Å². The molecule has 0 unspecified atom stereocenters. The molecule has 0 aliphatic heterocycles. The quantitative estimate of drug-likeness (QED) is 0.694. The summed E-state index contributed by atoms with van der Waals surface area (Å²) in [6.45, 7) is 1.90. The van der Waals surface area contributed by atoms with Crippen LogP contribution >= 0.6 is 23.1 Å². The molecule has 0 saturated carbocycles. The second-order valence-electron chi connectivity index (χ2n) is 4.87. The number of rotatable bonds is 4. The number of Topliss-reactive ketones (excluding diaryl/α,β-unsaturated/α-hetero) is 1. The number of hydrogen-bond acceptors (Lipinski definition) is 6. The Kier molecular flexibility index (Phi) is 3.76. The highest BCUT2D eigenvalue weighted by Crippen LogP contribution is 2.30. The van der Waals surface area contributed by atoms with E-state index < -0.39 is 0 Å². The van der Waals surface area contributed by atoms with Crippen LogP contribution in [-0.4, -0.2) is 21.2 Å². The Labute approximate surface area is 125 Å². The molecular formula is C14H15N3OS2. The molecule has 1 aromatic carbocycles. The SMILES string of the molecule is C[C@@H](Sc1nnc(N)s1)C(=O)c1ccc2c(c1)CCC2. The summed E-state index contributed by atoms with van der Waals surface area (Å²) in [6, 6.07) is 6.09. The van der Waals surface area contributed by atoms with E-state index in [0.717, 1.165) is 22.7 Å². The largest absolute Gasteiger partial charge is 0.374 e. The van der Waals surface area contributed by atoms with Crippen molar-refractivity contribution in [1.29, 1.82) is 0 Å². The Balaban J connectivity index is 1.74. The minimum atomic E-state index is -0.179. The van der Waals surface area contributed by atoms with Gasteiger partial charge < -0.3 is 5.73 Å². The fourth-order valence-electron chi connectivity index (χ4n) is 2.43. The van der Waals surface area contributed by atoms with E-state index in [1.807, 2.05) is 13.0 Å². The van der Waals surface area contributed by atoms with E-state index in [1.54, 1.807) is 0 Å². The van der Waals surface area contributed by atoms with E-state index in [1.165, 1.54) is 40.6 Å². The van der Waals surface area contributed by atoms with Gasteiger partial charge in [0.15, 0.2) is 10.1 Å². The van der Waals surface area contributed by atoms with Gasteiger partial charge in [0.2, 0.25) is 5.13 Å². The third-order valence-electron chi connectivity index (χ3n) is 3.45. The second kappa shape index (κ2) is 5.54. The van der Waals surface area contributed by atoms with Gasteiger partial charge in [-0.15, -0.1) is 10.2 Å². The Morgan fingerprint density at radius 1 is 1.35 bits per heavy atom. The molecule has 0 saturated heterocycles. The molecule has 104 valence electrons. The normalized spacial score (nSPS) is 15.1. The maximum Gasteiger partial charge on any atom is 0.203 e. The van der Waals surface area contributed by atoms with Crippen LogP contribution in [0.5, 0.6) is 0 Å². The average Bonchev–Trinajstić information content (AvgIpc) is 3.05. The summed E-state index contributed by atoms with van der Waals surface area (Å²) in [5.41, 5.74) is 9.06. The number of fused-ring (bicyclic) bond motifs is 1. The Bertz CT molecular complexity index is 654. The highest BCUT2D eigenvalue weighted by atomic mass is 32.2. The van der Waals surface area contributed by atoms with Crippen molar-refractivity contribution in [2.75, 3.05) is 5.73 Å². The van der Waals surface area contributed by atoms with E-state index in [9.17, 15) is 4.79 Å². The third kappa shape index (κ3) is 2.71.